The minimum atomic E-state index is -0.845. The van der Waals surface area contributed by atoms with Gasteiger partial charge in [-0.05, 0) is 38.2 Å². The normalized spacial score (nSPS) is 26.2. The zero-order valence-corrected chi connectivity index (χ0v) is 13.0. The molecular formula is C18H23NO3. The van der Waals surface area contributed by atoms with Crippen LogP contribution < -0.4 is 5.32 Å². The fraction of sp³-hybridized carbons (Fsp3) is 0.556. The molecule has 2 unspecified atom stereocenters. The minimum absolute atomic E-state index is 0.0814. The summed E-state index contributed by atoms with van der Waals surface area (Å²) in [7, 11) is 0. The Balaban J connectivity index is 1.80. The standard InChI is InChI=1S/C18H23NO3/c1-12-5-4-6-13(11-12)18(9-2-3-10-18)19-16(20)14-7-8-15(14)17(21)22/h4-6,11,14-15H,2-3,7-10H2,1H3,(H,19,20)(H,21,22). The zero-order chi connectivity index (χ0) is 15.7. The van der Waals surface area contributed by atoms with Crippen molar-refractivity contribution in [3.05, 3.63) is 35.4 Å². The van der Waals surface area contributed by atoms with Crippen LogP contribution in [-0.4, -0.2) is 17.0 Å². The second kappa shape index (κ2) is 5.75. The van der Waals surface area contributed by atoms with Crippen LogP contribution in [0.25, 0.3) is 0 Å². The van der Waals surface area contributed by atoms with Gasteiger partial charge in [-0.15, -0.1) is 0 Å². The first-order valence-corrected chi connectivity index (χ1v) is 8.14. The van der Waals surface area contributed by atoms with Crippen LogP contribution in [0.5, 0.6) is 0 Å². The molecule has 0 bridgehead atoms. The lowest BCUT2D eigenvalue weighted by atomic mass is 9.72. The number of carbonyl (C=O) groups excluding carboxylic acids is 1. The first kappa shape index (κ1) is 15.1. The van der Waals surface area contributed by atoms with Gasteiger partial charge in [-0.2, -0.15) is 0 Å². The number of hydrogen-bond donors (Lipinski definition) is 2. The maximum atomic E-state index is 12.6. The Labute approximate surface area is 130 Å². The largest absolute Gasteiger partial charge is 0.481 e. The van der Waals surface area contributed by atoms with Gasteiger partial charge in [0.05, 0.1) is 17.4 Å². The Morgan fingerprint density at radius 3 is 2.41 bits per heavy atom. The van der Waals surface area contributed by atoms with Crippen molar-refractivity contribution < 1.29 is 14.7 Å². The van der Waals surface area contributed by atoms with Gasteiger partial charge in [0, 0.05) is 0 Å². The first-order valence-electron chi connectivity index (χ1n) is 8.14. The number of hydrogen-bond acceptors (Lipinski definition) is 2. The fourth-order valence-electron chi connectivity index (χ4n) is 3.85. The van der Waals surface area contributed by atoms with Crippen molar-refractivity contribution >= 4 is 11.9 Å². The topological polar surface area (TPSA) is 66.4 Å². The lowest BCUT2D eigenvalue weighted by Gasteiger charge is -2.37. The summed E-state index contributed by atoms with van der Waals surface area (Å²) in [5.41, 5.74) is 2.04. The molecule has 0 saturated heterocycles. The predicted molar refractivity (Wildman–Crippen MR) is 83.3 cm³/mol. The van der Waals surface area contributed by atoms with Gasteiger partial charge in [0.1, 0.15) is 0 Å². The number of carboxylic acids is 1. The van der Waals surface area contributed by atoms with Gasteiger partial charge in [-0.25, -0.2) is 0 Å². The van der Waals surface area contributed by atoms with E-state index in [-0.39, 0.29) is 17.4 Å². The smallest absolute Gasteiger partial charge is 0.307 e. The number of nitrogens with one attached hydrogen (secondary N) is 1. The number of rotatable bonds is 4. The van der Waals surface area contributed by atoms with Gasteiger partial charge in [0.2, 0.25) is 5.91 Å². The molecular weight excluding hydrogens is 278 g/mol. The molecule has 0 aromatic heterocycles. The van der Waals surface area contributed by atoms with Gasteiger partial charge in [-0.3, -0.25) is 9.59 Å². The molecule has 118 valence electrons. The van der Waals surface area contributed by atoms with E-state index in [0.29, 0.717) is 12.8 Å². The fourth-order valence-corrected chi connectivity index (χ4v) is 3.85. The van der Waals surface area contributed by atoms with Crippen LogP contribution in [0.15, 0.2) is 24.3 Å². The van der Waals surface area contributed by atoms with Gasteiger partial charge < -0.3 is 10.4 Å². The Hall–Kier alpha value is -1.84. The quantitative estimate of drug-likeness (QED) is 0.898. The summed E-state index contributed by atoms with van der Waals surface area (Å²) in [4.78, 5) is 23.7. The summed E-state index contributed by atoms with van der Waals surface area (Å²) in [6.07, 6.45) is 5.37. The minimum Gasteiger partial charge on any atom is -0.481 e. The average molecular weight is 301 g/mol. The summed E-state index contributed by atoms with van der Waals surface area (Å²) in [6.45, 7) is 2.06. The van der Waals surface area contributed by atoms with Crippen molar-refractivity contribution in [3.8, 4) is 0 Å². The van der Waals surface area contributed by atoms with Crippen LogP contribution in [0.4, 0.5) is 0 Å². The van der Waals surface area contributed by atoms with E-state index in [1.807, 2.05) is 6.07 Å². The third-order valence-electron chi connectivity index (χ3n) is 5.32. The molecule has 2 fully saturated rings. The van der Waals surface area contributed by atoms with E-state index in [1.165, 1.54) is 5.56 Å². The highest BCUT2D eigenvalue weighted by molar-refractivity contribution is 5.87. The molecule has 3 rings (SSSR count). The van der Waals surface area contributed by atoms with Crippen LogP contribution in [0.2, 0.25) is 0 Å². The van der Waals surface area contributed by atoms with Crippen molar-refractivity contribution in [2.45, 2.75) is 51.0 Å². The number of carbonyl (C=O) groups is 2. The molecule has 2 saturated carbocycles. The van der Waals surface area contributed by atoms with Gasteiger partial charge in [0.15, 0.2) is 0 Å². The maximum Gasteiger partial charge on any atom is 0.307 e. The molecule has 2 atom stereocenters. The number of benzene rings is 1. The van der Waals surface area contributed by atoms with Gasteiger partial charge >= 0.3 is 5.97 Å². The van der Waals surface area contributed by atoms with Crippen molar-refractivity contribution in [1.82, 2.24) is 5.32 Å². The lowest BCUT2D eigenvalue weighted by molar-refractivity contribution is -0.153. The molecule has 0 radical (unpaired) electrons. The Morgan fingerprint density at radius 2 is 1.86 bits per heavy atom. The van der Waals surface area contributed by atoms with Crippen molar-refractivity contribution in [3.63, 3.8) is 0 Å². The van der Waals surface area contributed by atoms with Crippen molar-refractivity contribution in [2.24, 2.45) is 11.8 Å². The molecule has 22 heavy (non-hydrogen) atoms. The average Bonchev–Trinajstić information content (AvgIpc) is 2.86. The molecule has 0 spiro atoms. The van der Waals surface area contributed by atoms with Crippen LogP contribution in [0.3, 0.4) is 0 Å². The van der Waals surface area contributed by atoms with E-state index < -0.39 is 11.9 Å². The van der Waals surface area contributed by atoms with E-state index >= 15 is 0 Å². The predicted octanol–water partition coefficient (Wildman–Crippen LogP) is 2.99. The Morgan fingerprint density at radius 1 is 1.18 bits per heavy atom. The third kappa shape index (κ3) is 2.62. The molecule has 4 nitrogen and oxygen atoms in total. The number of aryl methyl sites for hydroxylation is 1. The molecule has 2 aliphatic rings. The van der Waals surface area contributed by atoms with Crippen molar-refractivity contribution in [1.29, 1.82) is 0 Å². The van der Waals surface area contributed by atoms with E-state index in [2.05, 4.69) is 30.4 Å². The number of carboxylic acid groups (broad SMARTS) is 1. The highest BCUT2D eigenvalue weighted by Crippen LogP contribution is 2.41. The van der Waals surface area contributed by atoms with E-state index in [1.54, 1.807) is 0 Å². The molecule has 0 aliphatic heterocycles. The van der Waals surface area contributed by atoms with E-state index in [9.17, 15) is 9.59 Å². The molecule has 0 heterocycles. The maximum absolute atomic E-state index is 12.6. The SMILES string of the molecule is Cc1cccc(C2(NC(=O)C3CCC3C(=O)O)CCCC2)c1. The monoisotopic (exact) mass is 301 g/mol. The van der Waals surface area contributed by atoms with Gasteiger partial charge in [-0.1, -0.05) is 42.7 Å². The van der Waals surface area contributed by atoms with Gasteiger partial charge in [0.25, 0.3) is 0 Å². The summed E-state index contributed by atoms with van der Waals surface area (Å²) >= 11 is 0. The van der Waals surface area contributed by atoms with Crippen LogP contribution in [0, 0.1) is 18.8 Å². The second-order valence-electron chi connectivity index (χ2n) is 6.78. The molecule has 2 aliphatic carbocycles. The Bertz CT molecular complexity index is 590. The molecule has 1 aromatic carbocycles. The number of aliphatic carboxylic acids is 1. The summed E-state index contributed by atoms with van der Waals surface area (Å²) < 4.78 is 0. The Kier molecular flexibility index (Phi) is 3.94. The third-order valence-corrected chi connectivity index (χ3v) is 5.32. The zero-order valence-electron chi connectivity index (χ0n) is 13.0. The highest BCUT2D eigenvalue weighted by atomic mass is 16.4. The second-order valence-corrected chi connectivity index (χ2v) is 6.78. The van der Waals surface area contributed by atoms with Crippen LogP contribution in [0.1, 0.15) is 49.7 Å². The molecule has 1 amide bonds. The number of amides is 1. The molecule has 1 aromatic rings. The highest BCUT2D eigenvalue weighted by Gasteiger charge is 2.45. The van der Waals surface area contributed by atoms with E-state index in [4.69, 9.17) is 5.11 Å². The van der Waals surface area contributed by atoms with Crippen molar-refractivity contribution in [2.75, 3.05) is 0 Å². The first-order chi connectivity index (χ1) is 10.5. The summed E-state index contributed by atoms with van der Waals surface area (Å²) in [5.74, 6) is -1.79. The van der Waals surface area contributed by atoms with Crippen LogP contribution in [-0.2, 0) is 15.1 Å². The van der Waals surface area contributed by atoms with Crippen LogP contribution >= 0.6 is 0 Å². The lowest BCUT2D eigenvalue weighted by Crippen LogP contribution is -2.51. The molecule has 2 N–H and O–H groups in total. The van der Waals surface area contributed by atoms with E-state index in [0.717, 1.165) is 31.2 Å². The summed E-state index contributed by atoms with van der Waals surface area (Å²) in [5, 5.41) is 12.4. The summed E-state index contributed by atoms with van der Waals surface area (Å²) in [6, 6.07) is 8.30. The molecule has 4 heteroatoms.